The molecule has 0 aliphatic carbocycles. The molecule has 20 heavy (non-hydrogen) atoms. The van der Waals surface area contributed by atoms with Gasteiger partial charge in [-0.1, -0.05) is 25.0 Å². The standard InChI is InChI=1S/C16H25N3O/c1-13-7-6-8-14(17)15(13)16(20)18-9-12-19-10-4-2-3-5-11-19/h6-8H,2-5,9-12,17H2,1H3,(H,18,20). The molecule has 110 valence electrons. The van der Waals surface area contributed by atoms with Crippen LogP contribution in [0, 0.1) is 6.92 Å². The molecule has 1 aromatic carbocycles. The largest absolute Gasteiger partial charge is 0.398 e. The van der Waals surface area contributed by atoms with Crippen LogP contribution in [0.1, 0.15) is 41.6 Å². The normalized spacial score (nSPS) is 16.6. The van der Waals surface area contributed by atoms with Crippen LogP contribution in [0.15, 0.2) is 18.2 Å². The van der Waals surface area contributed by atoms with E-state index in [1.54, 1.807) is 6.07 Å². The molecule has 0 aromatic heterocycles. The Bertz CT molecular complexity index is 431. The van der Waals surface area contributed by atoms with Crippen LogP contribution in [0.3, 0.4) is 0 Å². The number of aryl methyl sites for hydroxylation is 1. The predicted octanol–water partition coefficient (Wildman–Crippen LogP) is 2.18. The maximum absolute atomic E-state index is 12.2. The number of amides is 1. The molecule has 4 nitrogen and oxygen atoms in total. The summed E-state index contributed by atoms with van der Waals surface area (Å²) >= 11 is 0. The fraction of sp³-hybridized carbons (Fsp3) is 0.562. The van der Waals surface area contributed by atoms with Crippen molar-refractivity contribution < 1.29 is 4.79 Å². The van der Waals surface area contributed by atoms with Crippen molar-refractivity contribution in [2.75, 3.05) is 31.9 Å². The monoisotopic (exact) mass is 275 g/mol. The third kappa shape index (κ3) is 3.97. The van der Waals surface area contributed by atoms with Gasteiger partial charge in [-0.3, -0.25) is 4.79 Å². The lowest BCUT2D eigenvalue weighted by Crippen LogP contribution is -2.35. The number of benzene rings is 1. The number of nitrogens with zero attached hydrogens (tertiary/aromatic N) is 1. The Morgan fingerprint density at radius 3 is 2.60 bits per heavy atom. The van der Waals surface area contributed by atoms with Crippen molar-refractivity contribution in [1.29, 1.82) is 0 Å². The zero-order valence-corrected chi connectivity index (χ0v) is 12.3. The smallest absolute Gasteiger partial charge is 0.253 e. The summed E-state index contributed by atoms with van der Waals surface area (Å²) < 4.78 is 0. The number of carbonyl (C=O) groups is 1. The van der Waals surface area contributed by atoms with Crippen LogP contribution in [0.2, 0.25) is 0 Å². The van der Waals surface area contributed by atoms with Gasteiger partial charge in [-0.15, -0.1) is 0 Å². The number of anilines is 1. The Morgan fingerprint density at radius 1 is 1.25 bits per heavy atom. The van der Waals surface area contributed by atoms with E-state index in [1.165, 1.54) is 25.7 Å². The number of nitrogen functional groups attached to an aromatic ring is 1. The number of likely N-dealkylation sites (tertiary alicyclic amines) is 1. The number of hydrogen-bond donors (Lipinski definition) is 2. The van der Waals surface area contributed by atoms with E-state index in [-0.39, 0.29) is 5.91 Å². The molecule has 0 atom stereocenters. The first kappa shape index (κ1) is 14.9. The molecule has 0 radical (unpaired) electrons. The molecule has 1 saturated heterocycles. The zero-order valence-electron chi connectivity index (χ0n) is 12.3. The van der Waals surface area contributed by atoms with Crippen molar-refractivity contribution in [3.63, 3.8) is 0 Å². The van der Waals surface area contributed by atoms with E-state index in [4.69, 9.17) is 5.73 Å². The van der Waals surface area contributed by atoms with Crippen LogP contribution >= 0.6 is 0 Å². The maximum atomic E-state index is 12.2. The molecule has 0 spiro atoms. The summed E-state index contributed by atoms with van der Waals surface area (Å²) in [6.45, 7) is 5.84. The van der Waals surface area contributed by atoms with Crippen LogP contribution in [-0.2, 0) is 0 Å². The van der Waals surface area contributed by atoms with Crippen LogP contribution in [0.25, 0.3) is 0 Å². The number of rotatable bonds is 4. The molecular weight excluding hydrogens is 250 g/mol. The van der Waals surface area contributed by atoms with Gasteiger partial charge < -0.3 is 16.0 Å². The molecule has 2 rings (SSSR count). The summed E-state index contributed by atoms with van der Waals surface area (Å²) in [7, 11) is 0. The summed E-state index contributed by atoms with van der Waals surface area (Å²) in [5.74, 6) is -0.0598. The van der Waals surface area contributed by atoms with Gasteiger partial charge in [0, 0.05) is 18.8 Å². The fourth-order valence-corrected chi connectivity index (χ4v) is 2.78. The van der Waals surface area contributed by atoms with Crippen molar-refractivity contribution in [3.8, 4) is 0 Å². The third-order valence-corrected chi connectivity index (χ3v) is 3.94. The molecule has 4 heteroatoms. The average molecular weight is 275 g/mol. The summed E-state index contributed by atoms with van der Waals surface area (Å²) in [4.78, 5) is 14.6. The second-order valence-corrected chi connectivity index (χ2v) is 5.55. The highest BCUT2D eigenvalue weighted by molar-refractivity contribution is 6.00. The van der Waals surface area contributed by atoms with E-state index < -0.39 is 0 Å². The fourth-order valence-electron chi connectivity index (χ4n) is 2.78. The molecular formula is C16H25N3O. The molecule has 1 fully saturated rings. The zero-order chi connectivity index (χ0) is 14.4. The SMILES string of the molecule is Cc1cccc(N)c1C(=O)NCCN1CCCCCC1. The van der Waals surface area contributed by atoms with E-state index >= 15 is 0 Å². The van der Waals surface area contributed by atoms with E-state index in [1.807, 2.05) is 19.1 Å². The minimum absolute atomic E-state index is 0.0598. The third-order valence-electron chi connectivity index (χ3n) is 3.94. The average Bonchev–Trinajstić information content (AvgIpc) is 2.67. The van der Waals surface area contributed by atoms with Gasteiger partial charge in [-0.2, -0.15) is 0 Å². The van der Waals surface area contributed by atoms with Crippen molar-refractivity contribution in [3.05, 3.63) is 29.3 Å². The molecule has 0 bridgehead atoms. The molecule has 1 aromatic rings. The van der Waals surface area contributed by atoms with Crippen LogP contribution in [0.5, 0.6) is 0 Å². The van der Waals surface area contributed by atoms with E-state index in [0.717, 1.165) is 25.2 Å². The Kier molecular flexibility index (Phi) is 5.41. The summed E-state index contributed by atoms with van der Waals surface area (Å²) in [6.07, 6.45) is 5.22. The highest BCUT2D eigenvalue weighted by Crippen LogP contribution is 2.15. The first-order chi connectivity index (χ1) is 9.68. The van der Waals surface area contributed by atoms with E-state index in [9.17, 15) is 4.79 Å². The lowest BCUT2D eigenvalue weighted by atomic mass is 10.1. The van der Waals surface area contributed by atoms with Gasteiger partial charge in [0.25, 0.3) is 5.91 Å². The van der Waals surface area contributed by atoms with Gasteiger partial charge in [-0.05, 0) is 44.5 Å². The Morgan fingerprint density at radius 2 is 1.95 bits per heavy atom. The summed E-state index contributed by atoms with van der Waals surface area (Å²) in [5.41, 5.74) is 7.98. The molecule has 1 amide bonds. The Hall–Kier alpha value is -1.55. The topological polar surface area (TPSA) is 58.4 Å². The highest BCUT2D eigenvalue weighted by atomic mass is 16.1. The van der Waals surface area contributed by atoms with Crippen molar-refractivity contribution in [1.82, 2.24) is 10.2 Å². The molecule has 0 saturated carbocycles. The quantitative estimate of drug-likeness (QED) is 0.828. The summed E-state index contributed by atoms with van der Waals surface area (Å²) in [5, 5.41) is 2.99. The Labute approximate surface area is 121 Å². The summed E-state index contributed by atoms with van der Waals surface area (Å²) in [6, 6.07) is 5.56. The van der Waals surface area contributed by atoms with Crippen molar-refractivity contribution >= 4 is 11.6 Å². The predicted molar refractivity (Wildman–Crippen MR) is 82.8 cm³/mol. The van der Waals surface area contributed by atoms with E-state index in [0.29, 0.717) is 17.8 Å². The minimum atomic E-state index is -0.0598. The van der Waals surface area contributed by atoms with Crippen LogP contribution < -0.4 is 11.1 Å². The molecule has 1 aliphatic heterocycles. The first-order valence-corrected chi connectivity index (χ1v) is 7.54. The van der Waals surface area contributed by atoms with Crippen LogP contribution in [0.4, 0.5) is 5.69 Å². The van der Waals surface area contributed by atoms with Gasteiger partial charge >= 0.3 is 0 Å². The Balaban J connectivity index is 1.83. The van der Waals surface area contributed by atoms with Crippen molar-refractivity contribution in [2.24, 2.45) is 0 Å². The van der Waals surface area contributed by atoms with Gasteiger partial charge in [0.05, 0.1) is 5.56 Å². The van der Waals surface area contributed by atoms with Gasteiger partial charge in [-0.25, -0.2) is 0 Å². The molecule has 0 unspecified atom stereocenters. The molecule has 1 aliphatic rings. The van der Waals surface area contributed by atoms with Crippen molar-refractivity contribution in [2.45, 2.75) is 32.6 Å². The number of hydrogen-bond acceptors (Lipinski definition) is 3. The second kappa shape index (κ2) is 7.29. The van der Waals surface area contributed by atoms with E-state index in [2.05, 4.69) is 10.2 Å². The number of nitrogens with one attached hydrogen (secondary N) is 1. The lowest BCUT2D eigenvalue weighted by Gasteiger charge is -2.20. The van der Waals surface area contributed by atoms with Gasteiger partial charge in [0.15, 0.2) is 0 Å². The minimum Gasteiger partial charge on any atom is -0.398 e. The molecule has 1 heterocycles. The van der Waals surface area contributed by atoms with Gasteiger partial charge in [0.2, 0.25) is 0 Å². The number of nitrogens with two attached hydrogens (primary N) is 1. The second-order valence-electron chi connectivity index (χ2n) is 5.55. The van der Waals surface area contributed by atoms with Crippen LogP contribution in [-0.4, -0.2) is 37.0 Å². The van der Waals surface area contributed by atoms with Gasteiger partial charge in [0.1, 0.15) is 0 Å². The number of carbonyl (C=O) groups excluding carboxylic acids is 1. The molecule has 3 N–H and O–H groups in total. The highest BCUT2D eigenvalue weighted by Gasteiger charge is 2.13. The lowest BCUT2D eigenvalue weighted by molar-refractivity contribution is 0.0949. The first-order valence-electron chi connectivity index (χ1n) is 7.54. The maximum Gasteiger partial charge on any atom is 0.253 e.